The van der Waals surface area contributed by atoms with E-state index in [-0.39, 0.29) is 51.3 Å². The molecule has 0 spiro atoms. The molecule has 0 saturated heterocycles. The number of phosphoric ester groups is 1. The molecule has 0 saturated carbocycles. The van der Waals surface area contributed by atoms with Crippen LogP contribution in [0.2, 0.25) is 40.2 Å². The van der Waals surface area contributed by atoms with Gasteiger partial charge < -0.3 is 19.3 Å². The highest BCUT2D eigenvalue weighted by molar-refractivity contribution is 7.48. The Hall–Kier alpha value is -2.20. The molecule has 0 radical (unpaired) electrons. The molecule has 2 atom stereocenters. The Balaban J connectivity index is 1.53. The molecule has 1 N–H and O–H groups in total. The van der Waals surface area contributed by atoms with Crippen molar-refractivity contribution in [1.29, 1.82) is 0 Å². The van der Waals surface area contributed by atoms with E-state index in [0.717, 1.165) is 36.4 Å². The molecule has 0 amide bonds. The number of hydrogen-bond donors (Lipinski definition) is 1. The van der Waals surface area contributed by atoms with Crippen LogP contribution in [0.15, 0.2) is 60.0 Å². The van der Waals surface area contributed by atoms with E-state index in [2.05, 4.69) is 0 Å². The molecule has 4 aromatic rings. The van der Waals surface area contributed by atoms with Crippen molar-refractivity contribution >= 4 is 107 Å². The summed E-state index contributed by atoms with van der Waals surface area (Å²) in [5.41, 5.74) is -1.45. The number of rotatable bonds is 16. The van der Waals surface area contributed by atoms with E-state index < -0.39 is 105 Å². The van der Waals surface area contributed by atoms with E-state index in [0.29, 0.717) is 0 Å². The molecule has 0 unspecified atom stereocenters. The molecule has 5 rings (SSSR count). The predicted octanol–water partition coefficient (Wildman–Crippen LogP) is 12.3. The predicted molar refractivity (Wildman–Crippen MR) is 201 cm³/mol. The molecular formula is C34H21Cl8F4O9P. The lowest BCUT2D eigenvalue weighted by molar-refractivity contribution is -0.148. The van der Waals surface area contributed by atoms with E-state index in [9.17, 15) is 32.0 Å². The van der Waals surface area contributed by atoms with E-state index >= 15 is 0 Å². The van der Waals surface area contributed by atoms with Crippen molar-refractivity contribution in [2.45, 2.75) is 38.6 Å². The number of carbonyl (C=O) groups is 1. The highest BCUT2D eigenvalue weighted by Gasteiger charge is 2.47. The maximum absolute atomic E-state index is 14.9. The first kappa shape index (κ1) is 44.9. The lowest BCUT2D eigenvalue weighted by atomic mass is 10.1. The SMILES string of the molecule is O=C1O[C@H]([C@H](CO)OP(=O)(OCc2c(F)ccc(Cl)c2Cl)OCc2c(F)ccc(Cl)c2Cl)C(OCc2c(F)ccc(Cl)c2Cl)=C1OCc1c(F)ccc(Cl)c1Cl. The van der Waals surface area contributed by atoms with E-state index in [1.165, 1.54) is 12.1 Å². The molecule has 0 aromatic heterocycles. The van der Waals surface area contributed by atoms with Crippen molar-refractivity contribution in [2.75, 3.05) is 6.61 Å². The van der Waals surface area contributed by atoms with Crippen molar-refractivity contribution in [1.82, 2.24) is 0 Å². The van der Waals surface area contributed by atoms with Gasteiger partial charge in [0.15, 0.2) is 11.9 Å². The second-order valence-corrected chi connectivity index (χ2v) is 16.0. The Labute approximate surface area is 355 Å². The largest absolute Gasteiger partial charge is 0.485 e. The van der Waals surface area contributed by atoms with Crippen LogP contribution in [0.4, 0.5) is 17.6 Å². The minimum Gasteiger partial charge on any atom is -0.485 e. The summed E-state index contributed by atoms with van der Waals surface area (Å²) < 4.78 is 107. The van der Waals surface area contributed by atoms with Gasteiger partial charge in [-0.15, -0.1) is 0 Å². The molecular weight excluding hydrogens is 943 g/mol. The van der Waals surface area contributed by atoms with Crippen LogP contribution in [0.5, 0.6) is 0 Å². The quantitative estimate of drug-likeness (QED) is 0.0508. The summed E-state index contributed by atoms with van der Waals surface area (Å²) in [6, 6.07) is 8.45. The molecule has 1 aliphatic rings. The van der Waals surface area contributed by atoms with Crippen LogP contribution >= 0.6 is 101 Å². The van der Waals surface area contributed by atoms with Crippen LogP contribution in [0.3, 0.4) is 0 Å². The van der Waals surface area contributed by atoms with Gasteiger partial charge in [-0.1, -0.05) is 92.8 Å². The molecule has 22 heteroatoms. The molecule has 56 heavy (non-hydrogen) atoms. The highest BCUT2D eigenvalue weighted by atomic mass is 35.5. The monoisotopic (exact) mass is 960 g/mol. The average molecular weight is 964 g/mol. The topological polar surface area (TPSA) is 110 Å². The number of cyclic esters (lactones) is 1. The van der Waals surface area contributed by atoms with Gasteiger partial charge in [0.05, 0.1) is 60.0 Å². The van der Waals surface area contributed by atoms with Crippen LogP contribution in [0.25, 0.3) is 0 Å². The molecule has 0 fully saturated rings. The van der Waals surface area contributed by atoms with Crippen molar-refractivity contribution in [3.05, 3.63) is 146 Å². The molecule has 4 aromatic carbocycles. The summed E-state index contributed by atoms with van der Waals surface area (Å²) >= 11 is 48.7. The molecule has 9 nitrogen and oxygen atoms in total. The fourth-order valence-corrected chi connectivity index (χ4v) is 7.63. The van der Waals surface area contributed by atoms with Crippen LogP contribution in [0.1, 0.15) is 22.3 Å². The van der Waals surface area contributed by atoms with Crippen molar-refractivity contribution in [3.8, 4) is 0 Å². The summed E-state index contributed by atoms with van der Waals surface area (Å²) in [6.07, 6.45) is -3.92. The van der Waals surface area contributed by atoms with Crippen LogP contribution in [-0.2, 0) is 63.6 Å². The summed E-state index contributed by atoms with van der Waals surface area (Å²) in [6.45, 7) is -4.61. The van der Waals surface area contributed by atoms with Gasteiger partial charge in [0.1, 0.15) is 42.6 Å². The number of carbonyl (C=O) groups excluding carboxylic acids is 1. The number of aliphatic hydroxyl groups is 1. The van der Waals surface area contributed by atoms with Gasteiger partial charge in [0.2, 0.25) is 5.76 Å². The van der Waals surface area contributed by atoms with E-state index in [1.807, 2.05) is 0 Å². The number of aliphatic hydroxyl groups excluding tert-OH is 1. The average Bonchev–Trinajstić information content (AvgIpc) is 3.47. The Morgan fingerprint density at radius 3 is 1.34 bits per heavy atom. The third-order valence-electron chi connectivity index (χ3n) is 7.71. The van der Waals surface area contributed by atoms with Crippen LogP contribution < -0.4 is 0 Å². The summed E-state index contributed by atoms with van der Waals surface area (Å²) in [7, 11) is -5.22. The van der Waals surface area contributed by atoms with Gasteiger partial charge in [-0.2, -0.15) is 0 Å². The number of benzene rings is 4. The Bertz CT molecular complexity index is 2190. The van der Waals surface area contributed by atoms with Crippen molar-refractivity contribution < 1.29 is 59.8 Å². The summed E-state index contributed by atoms with van der Waals surface area (Å²) in [5.74, 6) is -6.40. The van der Waals surface area contributed by atoms with Gasteiger partial charge in [0.25, 0.3) is 0 Å². The first-order chi connectivity index (χ1) is 26.5. The maximum Gasteiger partial charge on any atom is 0.475 e. The smallest absolute Gasteiger partial charge is 0.475 e. The first-order valence-electron chi connectivity index (χ1n) is 15.3. The van der Waals surface area contributed by atoms with Gasteiger partial charge in [0, 0.05) is 22.3 Å². The third-order valence-corrected chi connectivity index (χ3v) is 12.5. The molecule has 0 aliphatic carbocycles. The number of ether oxygens (including phenoxy) is 3. The van der Waals surface area contributed by atoms with Gasteiger partial charge >= 0.3 is 13.8 Å². The molecule has 1 aliphatic heterocycles. The Morgan fingerprint density at radius 2 is 0.964 bits per heavy atom. The number of phosphoric acid groups is 1. The summed E-state index contributed by atoms with van der Waals surface area (Å²) in [5, 5.41) is 8.97. The highest BCUT2D eigenvalue weighted by Crippen LogP contribution is 2.54. The first-order valence-corrected chi connectivity index (χ1v) is 19.8. The zero-order valence-corrected chi connectivity index (χ0v) is 34.4. The van der Waals surface area contributed by atoms with Crippen molar-refractivity contribution in [3.63, 3.8) is 0 Å². The minimum absolute atomic E-state index is 0.0579. The van der Waals surface area contributed by atoms with Crippen LogP contribution in [0, 0.1) is 23.3 Å². The number of hydrogen-bond acceptors (Lipinski definition) is 9. The van der Waals surface area contributed by atoms with E-state index in [4.69, 9.17) is 121 Å². The lowest BCUT2D eigenvalue weighted by Crippen LogP contribution is -2.35. The number of halogens is 12. The van der Waals surface area contributed by atoms with E-state index in [1.54, 1.807) is 0 Å². The second kappa shape index (κ2) is 19.2. The molecule has 1 heterocycles. The van der Waals surface area contributed by atoms with Crippen LogP contribution in [-0.4, -0.2) is 29.9 Å². The Morgan fingerprint density at radius 1 is 0.607 bits per heavy atom. The fraction of sp³-hybridized carbons (Fsp3) is 0.206. The van der Waals surface area contributed by atoms with Gasteiger partial charge in [-0.25, -0.2) is 26.9 Å². The lowest BCUT2D eigenvalue weighted by Gasteiger charge is -2.27. The standard InChI is InChI=1S/C34H21Cl8F4O9P/c35-18-1-5-22(43)14(27(18)39)10-50-32-31(54-34(48)33(32)51-11-15-23(44)6-2-19(36)28(15)40)26(9-47)55-56(49,52-12-16-24(45)7-3-20(37)29(16)41)53-13-17-25(46)8-4-21(38)30(17)42/h1-8,26,31,47H,9-13H2/t26-,31+/m0/s1. The third kappa shape index (κ3) is 10.1. The molecule has 0 bridgehead atoms. The maximum atomic E-state index is 14.9. The van der Waals surface area contributed by atoms with Gasteiger partial charge in [-0.3, -0.25) is 13.6 Å². The number of esters is 1. The Kier molecular flexibility index (Phi) is 15.4. The zero-order valence-electron chi connectivity index (χ0n) is 27.5. The minimum atomic E-state index is -5.22. The fourth-order valence-electron chi connectivity index (χ4n) is 4.81. The zero-order chi connectivity index (χ0) is 41.1. The second-order valence-electron chi connectivity index (χ2n) is 11.2. The van der Waals surface area contributed by atoms with Crippen molar-refractivity contribution in [2.24, 2.45) is 0 Å². The normalized spacial score (nSPS) is 15.0. The molecule has 300 valence electrons. The van der Waals surface area contributed by atoms with Gasteiger partial charge in [-0.05, 0) is 48.5 Å². The summed E-state index contributed by atoms with van der Waals surface area (Å²) in [4.78, 5) is 13.3.